The zero-order chi connectivity index (χ0) is 13.9. The lowest BCUT2D eigenvalue weighted by molar-refractivity contribution is -0.116. The molecule has 0 saturated carbocycles. The Kier molecular flexibility index (Phi) is 3.42. The number of para-hydroxylation sites is 1. The minimum Gasteiger partial charge on any atom is -0.355 e. The molecular formula is C17H18N2O. The minimum absolute atomic E-state index is 0.0889. The van der Waals surface area contributed by atoms with E-state index in [0.717, 1.165) is 34.9 Å². The van der Waals surface area contributed by atoms with Crippen LogP contribution in [0.15, 0.2) is 42.5 Å². The maximum Gasteiger partial charge on any atom is 0.224 e. The molecule has 0 aliphatic carbocycles. The molecule has 3 nitrogen and oxygen atoms in total. The van der Waals surface area contributed by atoms with Gasteiger partial charge < -0.3 is 10.3 Å². The van der Waals surface area contributed by atoms with Crippen molar-refractivity contribution in [2.75, 3.05) is 5.32 Å². The van der Waals surface area contributed by atoms with Crippen LogP contribution in [0.25, 0.3) is 21.8 Å². The first-order chi connectivity index (χ1) is 9.78. The van der Waals surface area contributed by atoms with Crippen molar-refractivity contribution in [1.82, 2.24) is 4.98 Å². The summed E-state index contributed by atoms with van der Waals surface area (Å²) in [6.45, 7) is 2.09. The van der Waals surface area contributed by atoms with Crippen molar-refractivity contribution in [3.63, 3.8) is 0 Å². The summed E-state index contributed by atoms with van der Waals surface area (Å²) in [5, 5.41) is 5.30. The lowest BCUT2D eigenvalue weighted by Crippen LogP contribution is -2.10. The van der Waals surface area contributed by atoms with Crippen molar-refractivity contribution >= 4 is 33.4 Å². The van der Waals surface area contributed by atoms with Crippen LogP contribution in [0.5, 0.6) is 0 Å². The molecule has 0 unspecified atom stereocenters. The summed E-state index contributed by atoms with van der Waals surface area (Å²) < 4.78 is 0. The topological polar surface area (TPSA) is 44.9 Å². The second-order valence-corrected chi connectivity index (χ2v) is 5.08. The number of amides is 1. The van der Waals surface area contributed by atoms with Crippen molar-refractivity contribution in [2.24, 2.45) is 0 Å². The number of aromatic nitrogens is 1. The van der Waals surface area contributed by atoms with E-state index < -0.39 is 0 Å². The number of unbranched alkanes of at least 4 members (excludes halogenated alkanes) is 1. The zero-order valence-electron chi connectivity index (χ0n) is 11.6. The monoisotopic (exact) mass is 266 g/mol. The molecular weight excluding hydrogens is 248 g/mol. The number of anilines is 1. The van der Waals surface area contributed by atoms with Gasteiger partial charge in [0.15, 0.2) is 0 Å². The molecule has 0 spiro atoms. The Labute approximate surface area is 118 Å². The van der Waals surface area contributed by atoms with E-state index in [1.54, 1.807) is 0 Å². The van der Waals surface area contributed by atoms with E-state index in [4.69, 9.17) is 0 Å². The van der Waals surface area contributed by atoms with Crippen LogP contribution in [0.2, 0.25) is 0 Å². The third-order valence-corrected chi connectivity index (χ3v) is 3.55. The number of H-pyrrole nitrogens is 1. The maximum atomic E-state index is 11.8. The van der Waals surface area contributed by atoms with Crippen molar-refractivity contribution in [3.8, 4) is 0 Å². The zero-order valence-corrected chi connectivity index (χ0v) is 11.6. The van der Waals surface area contributed by atoms with Crippen LogP contribution in [0.1, 0.15) is 26.2 Å². The molecule has 3 rings (SSSR count). The molecule has 1 amide bonds. The molecule has 0 radical (unpaired) electrons. The molecule has 0 aliphatic rings. The van der Waals surface area contributed by atoms with Gasteiger partial charge >= 0.3 is 0 Å². The van der Waals surface area contributed by atoms with E-state index in [1.165, 1.54) is 5.39 Å². The number of benzene rings is 2. The lowest BCUT2D eigenvalue weighted by Gasteiger charge is -2.04. The fourth-order valence-electron chi connectivity index (χ4n) is 2.49. The Morgan fingerprint density at radius 2 is 1.90 bits per heavy atom. The highest BCUT2D eigenvalue weighted by Crippen LogP contribution is 2.27. The van der Waals surface area contributed by atoms with Gasteiger partial charge in [0.05, 0.1) is 0 Å². The second-order valence-electron chi connectivity index (χ2n) is 5.08. The molecule has 0 bridgehead atoms. The third kappa shape index (κ3) is 2.39. The molecule has 0 saturated heterocycles. The molecule has 20 heavy (non-hydrogen) atoms. The SMILES string of the molecule is CCCCC(=O)Nc1ccc2[nH]c3ccccc3c2c1. The number of rotatable bonds is 4. The van der Waals surface area contributed by atoms with Crippen LogP contribution in [0.4, 0.5) is 5.69 Å². The first kappa shape index (κ1) is 12.7. The van der Waals surface area contributed by atoms with E-state index in [-0.39, 0.29) is 5.91 Å². The van der Waals surface area contributed by atoms with Gasteiger partial charge in [-0.05, 0) is 30.7 Å². The Morgan fingerprint density at radius 1 is 1.10 bits per heavy atom. The fourth-order valence-corrected chi connectivity index (χ4v) is 2.49. The number of hydrogen-bond donors (Lipinski definition) is 2. The van der Waals surface area contributed by atoms with Crippen LogP contribution in [-0.4, -0.2) is 10.9 Å². The first-order valence-electron chi connectivity index (χ1n) is 7.08. The van der Waals surface area contributed by atoms with Crippen LogP contribution in [-0.2, 0) is 4.79 Å². The second kappa shape index (κ2) is 5.37. The summed E-state index contributed by atoms with van der Waals surface area (Å²) in [7, 11) is 0. The Balaban J connectivity index is 1.93. The van der Waals surface area contributed by atoms with Crippen molar-refractivity contribution in [1.29, 1.82) is 0 Å². The first-order valence-corrected chi connectivity index (χ1v) is 7.08. The normalized spacial score (nSPS) is 11.1. The van der Waals surface area contributed by atoms with Gasteiger partial charge in [0.1, 0.15) is 0 Å². The smallest absolute Gasteiger partial charge is 0.224 e. The largest absolute Gasteiger partial charge is 0.355 e. The summed E-state index contributed by atoms with van der Waals surface area (Å²) in [5.41, 5.74) is 3.08. The summed E-state index contributed by atoms with van der Waals surface area (Å²) in [5.74, 6) is 0.0889. The van der Waals surface area contributed by atoms with Gasteiger partial charge in [0.25, 0.3) is 0 Å². The van der Waals surface area contributed by atoms with Crippen LogP contribution >= 0.6 is 0 Å². The summed E-state index contributed by atoms with van der Waals surface area (Å²) >= 11 is 0. The highest BCUT2D eigenvalue weighted by molar-refractivity contribution is 6.08. The van der Waals surface area contributed by atoms with Crippen LogP contribution < -0.4 is 5.32 Å². The molecule has 0 fully saturated rings. The minimum atomic E-state index is 0.0889. The molecule has 3 heteroatoms. The predicted molar refractivity (Wildman–Crippen MR) is 84.0 cm³/mol. The van der Waals surface area contributed by atoms with E-state index >= 15 is 0 Å². The van der Waals surface area contributed by atoms with Crippen molar-refractivity contribution in [2.45, 2.75) is 26.2 Å². The summed E-state index contributed by atoms with van der Waals surface area (Å²) in [6, 6.07) is 14.2. The average molecular weight is 266 g/mol. The molecule has 2 aromatic carbocycles. The molecule has 2 N–H and O–H groups in total. The lowest BCUT2D eigenvalue weighted by atomic mass is 10.1. The van der Waals surface area contributed by atoms with Gasteiger partial charge in [-0.15, -0.1) is 0 Å². The van der Waals surface area contributed by atoms with E-state index in [9.17, 15) is 4.79 Å². The number of aromatic amines is 1. The van der Waals surface area contributed by atoms with Gasteiger partial charge in [0.2, 0.25) is 5.91 Å². The highest BCUT2D eigenvalue weighted by atomic mass is 16.1. The van der Waals surface area contributed by atoms with Crippen molar-refractivity contribution in [3.05, 3.63) is 42.5 Å². The number of carbonyl (C=O) groups is 1. The van der Waals surface area contributed by atoms with Gasteiger partial charge in [-0.1, -0.05) is 31.5 Å². The maximum absolute atomic E-state index is 11.8. The molecule has 102 valence electrons. The quantitative estimate of drug-likeness (QED) is 0.720. The summed E-state index contributed by atoms with van der Waals surface area (Å²) in [6.07, 6.45) is 2.55. The van der Waals surface area contributed by atoms with Crippen LogP contribution in [0.3, 0.4) is 0 Å². The van der Waals surface area contributed by atoms with Gasteiger partial charge in [0, 0.05) is 33.9 Å². The number of fused-ring (bicyclic) bond motifs is 3. The number of hydrogen-bond acceptors (Lipinski definition) is 1. The third-order valence-electron chi connectivity index (χ3n) is 3.55. The van der Waals surface area contributed by atoms with Crippen molar-refractivity contribution < 1.29 is 4.79 Å². The van der Waals surface area contributed by atoms with Gasteiger partial charge in [-0.25, -0.2) is 0 Å². The van der Waals surface area contributed by atoms with E-state index in [2.05, 4.69) is 29.4 Å². The Bertz CT molecular complexity index is 758. The van der Waals surface area contributed by atoms with Gasteiger partial charge in [-0.2, -0.15) is 0 Å². The highest BCUT2D eigenvalue weighted by Gasteiger charge is 2.06. The number of nitrogens with one attached hydrogen (secondary N) is 2. The molecule has 1 heterocycles. The predicted octanol–water partition coefficient (Wildman–Crippen LogP) is 4.45. The van der Waals surface area contributed by atoms with E-state index in [0.29, 0.717) is 6.42 Å². The molecule has 1 aromatic heterocycles. The van der Waals surface area contributed by atoms with Gasteiger partial charge in [-0.3, -0.25) is 4.79 Å². The Morgan fingerprint density at radius 3 is 2.75 bits per heavy atom. The van der Waals surface area contributed by atoms with E-state index in [1.807, 2.05) is 30.3 Å². The standard InChI is InChI=1S/C17H18N2O/c1-2-3-8-17(20)18-12-9-10-16-14(11-12)13-6-4-5-7-15(13)19-16/h4-7,9-11,19H,2-3,8H2,1H3,(H,18,20). The summed E-state index contributed by atoms with van der Waals surface area (Å²) in [4.78, 5) is 15.2. The molecule has 0 atom stereocenters. The molecule has 3 aromatic rings. The van der Waals surface area contributed by atoms with Crippen LogP contribution in [0, 0.1) is 0 Å². The average Bonchev–Trinajstić information content (AvgIpc) is 2.83. The number of carbonyl (C=O) groups excluding carboxylic acids is 1. The fraction of sp³-hybridized carbons (Fsp3) is 0.235. The Hall–Kier alpha value is -2.29. The molecule has 0 aliphatic heterocycles.